The number of nitrogens with zero attached hydrogens (tertiary/aromatic N) is 2. The van der Waals surface area contributed by atoms with E-state index in [1.165, 1.54) is 13.3 Å². The molecule has 40 heavy (non-hydrogen) atoms. The zero-order chi connectivity index (χ0) is 29.1. The Morgan fingerprint density at radius 3 is 2.45 bits per heavy atom. The molecule has 1 aliphatic rings. The van der Waals surface area contributed by atoms with Gasteiger partial charge in [-0.25, -0.2) is 4.79 Å². The van der Waals surface area contributed by atoms with E-state index in [2.05, 4.69) is 25.7 Å². The number of anilines is 1. The molecule has 1 aromatic heterocycles. The van der Waals surface area contributed by atoms with Gasteiger partial charge in [0.15, 0.2) is 15.2 Å². The summed E-state index contributed by atoms with van der Waals surface area (Å²) in [5, 5.41) is 12.5. The summed E-state index contributed by atoms with van der Waals surface area (Å²) in [4.78, 5) is 39.4. The fourth-order valence-corrected chi connectivity index (χ4v) is 5.49. The van der Waals surface area contributed by atoms with Crippen LogP contribution in [0.25, 0.3) is 0 Å². The van der Waals surface area contributed by atoms with Crippen molar-refractivity contribution in [2.75, 3.05) is 45.4 Å². The van der Waals surface area contributed by atoms with E-state index in [4.69, 9.17) is 46.5 Å². The van der Waals surface area contributed by atoms with Crippen LogP contribution < -0.4 is 10.6 Å². The van der Waals surface area contributed by atoms with Crippen LogP contribution in [-0.4, -0.2) is 85.3 Å². The normalized spacial score (nSPS) is 15.1. The maximum Gasteiger partial charge on any atom is 0.510 e. The largest absolute Gasteiger partial charge is 0.510 e. The number of aromatic amines is 1. The quantitative estimate of drug-likeness (QED) is 0.165. The van der Waals surface area contributed by atoms with E-state index in [1.54, 1.807) is 32.0 Å². The molecule has 0 bridgehead atoms. The molecule has 1 atom stereocenters. The van der Waals surface area contributed by atoms with Crippen LogP contribution in [0, 0.1) is 0 Å². The smallest absolute Gasteiger partial charge is 0.432 e. The Hall–Kier alpha value is -2.51. The third-order valence-corrected chi connectivity index (χ3v) is 7.61. The second-order valence-electron chi connectivity index (χ2n) is 8.89. The molecule has 2 aromatic rings. The van der Waals surface area contributed by atoms with Gasteiger partial charge < -0.3 is 29.4 Å². The van der Waals surface area contributed by atoms with Crippen LogP contribution >= 0.6 is 31.6 Å². The van der Waals surface area contributed by atoms with Gasteiger partial charge in [-0.1, -0.05) is 29.3 Å². The minimum atomic E-state index is -1.43. The number of benzene rings is 1. The monoisotopic (exact) mass is 619 g/mol. The maximum absolute atomic E-state index is 13.0. The molecule has 1 aliphatic heterocycles. The number of carbonyl (C=O) groups is 3. The van der Waals surface area contributed by atoms with Gasteiger partial charge in [0, 0.05) is 26.2 Å². The Kier molecular flexibility index (Phi) is 12.9. The van der Waals surface area contributed by atoms with Gasteiger partial charge in [0.1, 0.15) is 5.69 Å². The van der Waals surface area contributed by atoms with Gasteiger partial charge in [0.25, 0.3) is 11.8 Å². The van der Waals surface area contributed by atoms with Crippen molar-refractivity contribution in [1.82, 2.24) is 20.4 Å². The number of H-pyrrole nitrogens is 1. The summed E-state index contributed by atoms with van der Waals surface area (Å²) in [5.74, 6) is -0.966. The Bertz CT molecular complexity index is 1130. The van der Waals surface area contributed by atoms with Crippen molar-refractivity contribution in [1.29, 1.82) is 0 Å². The highest BCUT2D eigenvalue weighted by atomic mass is 35.5. The number of ether oxygens (including phenoxy) is 3. The average molecular weight is 620 g/mol. The summed E-state index contributed by atoms with van der Waals surface area (Å²) in [7, 11) is 0.0711. The van der Waals surface area contributed by atoms with Gasteiger partial charge in [-0.2, -0.15) is 5.10 Å². The van der Waals surface area contributed by atoms with Crippen molar-refractivity contribution in [3.05, 3.63) is 45.7 Å². The van der Waals surface area contributed by atoms with Crippen LogP contribution in [0.1, 0.15) is 47.5 Å². The molecule has 1 saturated heterocycles. The minimum absolute atomic E-state index is 0.0282. The Balaban J connectivity index is 1.48. The van der Waals surface area contributed by atoms with Crippen molar-refractivity contribution in [2.45, 2.75) is 38.8 Å². The number of piperidine rings is 1. The molecular weight excluding hydrogens is 588 g/mol. The molecule has 13 nitrogen and oxygen atoms in total. The Morgan fingerprint density at radius 1 is 1.12 bits per heavy atom. The van der Waals surface area contributed by atoms with Crippen LogP contribution in [0.2, 0.25) is 10.0 Å². The first-order chi connectivity index (χ1) is 19.2. The number of likely N-dealkylation sites (tertiary alicyclic amines) is 1. The highest BCUT2D eigenvalue weighted by Crippen LogP contribution is 2.39. The molecule has 3 N–H and O–H groups in total. The third kappa shape index (κ3) is 9.84. The number of rotatable bonds is 13. The lowest BCUT2D eigenvalue weighted by molar-refractivity contribution is -0.0167. The SMILES string of the molecule is COCOP(CN1CCC(NC(=O)c2[nH]ncc2NC(=O)c2c(Cl)cccc2Cl)CC1)OCOC(=O)OC(C)C. The molecule has 2 amide bonds. The number of aromatic nitrogens is 2. The molecule has 1 aromatic carbocycles. The lowest BCUT2D eigenvalue weighted by Crippen LogP contribution is -2.45. The molecule has 3 rings (SSSR count). The summed E-state index contributed by atoms with van der Waals surface area (Å²) < 4.78 is 26.0. The van der Waals surface area contributed by atoms with E-state index < -0.39 is 26.3 Å². The van der Waals surface area contributed by atoms with Crippen LogP contribution in [0.3, 0.4) is 0 Å². The minimum Gasteiger partial charge on any atom is -0.432 e. The van der Waals surface area contributed by atoms with Crippen LogP contribution in [0.15, 0.2) is 24.4 Å². The number of hydrogen-bond donors (Lipinski definition) is 3. The molecule has 1 unspecified atom stereocenters. The predicted octanol–water partition coefficient (Wildman–Crippen LogP) is 4.59. The first-order valence-corrected chi connectivity index (χ1v) is 14.5. The van der Waals surface area contributed by atoms with Crippen LogP contribution in [0.5, 0.6) is 0 Å². The molecule has 2 heterocycles. The molecule has 0 saturated carbocycles. The molecule has 0 aliphatic carbocycles. The van der Waals surface area contributed by atoms with E-state index >= 15 is 0 Å². The van der Waals surface area contributed by atoms with E-state index in [1.807, 2.05) is 0 Å². The number of halogens is 2. The number of amides is 2. The van der Waals surface area contributed by atoms with Crippen molar-refractivity contribution in [3.63, 3.8) is 0 Å². The van der Waals surface area contributed by atoms with Gasteiger partial charge in [0.2, 0.25) is 6.79 Å². The summed E-state index contributed by atoms with van der Waals surface area (Å²) in [6.45, 7) is 4.48. The summed E-state index contributed by atoms with van der Waals surface area (Å²) in [5.41, 5.74) is 0.416. The fourth-order valence-electron chi connectivity index (χ4n) is 3.68. The molecule has 16 heteroatoms. The van der Waals surface area contributed by atoms with Crippen molar-refractivity contribution in [3.8, 4) is 0 Å². The van der Waals surface area contributed by atoms with Crippen LogP contribution in [-0.2, 0) is 23.3 Å². The zero-order valence-corrected chi connectivity index (χ0v) is 24.7. The number of nitrogens with one attached hydrogen (secondary N) is 3. The average Bonchev–Trinajstić information content (AvgIpc) is 3.36. The lowest BCUT2D eigenvalue weighted by Gasteiger charge is -2.33. The number of methoxy groups -OCH3 is 1. The van der Waals surface area contributed by atoms with Gasteiger partial charge in [-0.3, -0.25) is 24.1 Å². The van der Waals surface area contributed by atoms with Crippen LogP contribution in [0.4, 0.5) is 10.5 Å². The molecule has 0 spiro atoms. The highest BCUT2D eigenvalue weighted by molar-refractivity contribution is 7.47. The first-order valence-electron chi connectivity index (χ1n) is 12.4. The summed E-state index contributed by atoms with van der Waals surface area (Å²) in [6, 6.07) is 4.63. The van der Waals surface area contributed by atoms with E-state index in [0.717, 1.165) is 0 Å². The van der Waals surface area contributed by atoms with E-state index in [9.17, 15) is 14.4 Å². The molecular formula is C24H32Cl2N5O8P. The molecule has 0 radical (unpaired) electrons. The standard InChI is InChI=1S/C24H32Cl2N5O8P/c1-15(2)39-24(34)36-14-38-40(37-13-35-3)12-31-9-7-16(8-10-31)28-23(33)21-19(11-27-30-21)29-22(32)20-17(25)5-4-6-18(20)26/h4-6,11,15-16H,7-10,12-14H2,1-3H3,(H,27,30)(H,28,33)(H,29,32). The van der Waals surface area contributed by atoms with Crippen molar-refractivity contribution < 1.29 is 37.6 Å². The van der Waals surface area contributed by atoms with Gasteiger partial charge in [-0.05, 0) is 38.8 Å². The fraction of sp³-hybridized carbons (Fsp3) is 0.500. The van der Waals surface area contributed by atoms with Crippen molar-refractivity contribution in [2.24, 2.45) is 0 Å². The highest BCUT2D eigenvalue weighted by Gasteiger charge is 2.26. The summed E-state index contributed by atoms with van der Waals surface area (Å²) >= 11 is 12.2. The van der Waals surface area contributed by atoms with Gasteiger partial charge in [0.05, 0.1) is 39.9 Å². The van der Waals surface area contributed by atoms with Crippen molar-refractivity contribution >= 4 is 55.2 Å². The Morgan fingerprint density at radius 2 is 1.80 bits per heavy atom. The number of carbonyl (C=O) groups excluding carboxylic acids is 3. The summed E-state index contributed by atoms with van der Waals surface area (Å²) in [6.07, 6.45) is 2.02. The lowest BCUT2D eigenvalue weighted by atomic mass is 10.1. The maximum atomic E-state index is 13.0. The van der Waals surface area contributed by atoms with E-state index in [-0.39, 0.29) is 52.7 Å². The number of hydrogen-bond acceptors (Lipinski definition) is 10. The van der Waals surface area contributed by atoms with Gasteiger partial charge in [-0.15, -0.1) is 0 Å². The predicted molar refractivity (Wildman–Crippen MR) is 148 cm³/mol. The molecule has 220 valence electrons. The van der Waals surface area contributed by atoms with E-state index in [0.29, 0.717) is 32.2 Å². The topological polar surface area (TPSA) is 153 Å². The second kappa shape index (κ2) is 16.1. The Labute approximate surface area is 243 Å². The van der Waals surface area contributed by atoms with Gasteiger partial charge >= 0.3 is 6.16 Å². The second-order valence-corrected chi connectivity index (χ2v) is 11.2. The third-order valence-electron chi connectivity index (χ3n) is 5.56. The first kappa shape index (κ1) is 32.0. The zero-order valence-electron chi connectivity index (χ0n) is 22.3. The molecule has 1 fully saturated rings.